The lowest BCUT2D eigenvalue weighted by atomic mass is 10.2. The highest BCUT2D eigenvalue weighted by atomic mass is 16.5. The molecule has 1 heterocycles. The molecule has 1 unspecified atom stereocenters. The van der Waals surface area contributed by atoms with E-state index in [9.17, 15) is 9.59 Å². The molecule has 4 nitrogen and oxygen atoms in total. The van der Waals surface area contributed by atoms with E-state index in [0.717, 1.165) is 6.29 Å². The summed E-state index contributed by atoms with van der Waals surface area (Å²) < 4.78 is 5.47. The first-order valence-corrected chi connectivity index (χ1v) is 4.80. The van der Waals surface area contributed by atoms with Gasteiger partial charge in [-0.3, -0.25) is 9.59 Å². The van der Waals surface area contributed by atoms with Gasteiger partial charge < -0.3 is 10.1 Å². The van der Waals surface area contributed by atoms with Gasteiger partial charge in [-0.05, 0) is 12.1 Å². The number of carbonyl (C=O) groups excluding carboxylic acids is 2. The van der Waals surface area contributed by atoms with Crippen LogP contribution < -0.4 is 10.1 Å². The van der Waals surface area contributed by atoms with Crippen LogP contribution >= 0.6 is 0 Å². The second kappa shape index (κ2) is 4.13. The standard InChI is InChI=1S/C11H11NO3/c13-7-8-3-1-2-4-9(8)15-10-5-6-12-11(10)14/h1-4,7,10H,5-6H2,(H,12,14). The minimum Gasteiger partial charge on any atom is -0.480 e. The Morgan fingerprint density at radius 3 is 2.87 bits per heavy atom. The average molecular weight is 205 g/mol. The van der Waals surface area contributed by atoms with Crippen molar-refractivity contribution < 1.29 is 14.3 Å². The fourth-order valence-corrected chi connectivity index (χ4v) is 1.52. The van der Waals surface area contributed by atoms with Gasteiger partial charge >= 0.3 is 0 Å². The van der Waals surface area contributed by atoms with E-state index in [4.69, 9.17) is 4.74 Å². The summed E-state index contributed by atoms with van der Waals surface area (Å²) in [7, 11) is 0. The van der Waals surface area contributed by atoms with Gasteiger partial charge in [-0.25, -0.2) is 0 Å². The highest BCUT2D eigenvalue weighted by Crippen LogP contribution is 2.19. The van der Waals surface area contributed by atoms with Crippen molar-refractivity contribution in [1.29, 1.82) is 0 Å². The van der Waals surface area contributed by atoms with Crippen LogP contribution in [0.4, 0.5) is 0 Å². The molecular weight excluding hydrogens is 194 g/mol. The van der Waals surface area contributed by atoms with Crippen molar-refractivity contribution in [1.82, 2.24) is 5.32 Å². The number of nitrogens with one attached hydrogen (secondary N) is 1. The second-order valence-electron chi connectivity index (χ2n) is 3.34. The number of carbonyl (C=O) groups is 2. The third-order valence-corrected chi connectivity index (χ3v) is 2.31. The van der Waals surface area contributed by atoms with Gasteiger partial charge in [-0.1, -0.05) is 12.1 Å². The lowest BCUT2D eigenvalue weighted by Gasteiger charge is -2.12. The molecular formula is C11H11NO3. The molecule has 0 spiro atoms. The van der Waals surface area contributed by atoms with Gasteiger partial charge in [0.25, 0.3) is 5.91 Å². The monoisotopic (exact) mass is 205 g/mol. The topological polar surface area (TPSA) is 55.4 Å². The molecule has 1 amide bonds. The van der Waals surface area contributed by atoms with Crippen molar-refractivity contribution in [3.63, 3.8) is 0 Å². The number of rotatable bonds is 3. The molecule has 1 aliphatic heterocycles. The molecule has 1 aromatic carbocycles. The minimum absolute atomic E-state index is 0.115. The van der Waals surface area contributed by atoms with Crippen molar-refractivity contribution in [2.45, 2.75) is 12.5 Å². The van der Waals surface area contributed by atoms with Gasteiger partial charge in [0, 0.05) is 13.0 Å². The molecule has 0 aliphatic carbocycles. The maximum Gasteiger partial charge on any atom is 0.261 e. The molecule has 1 aromatic rings. The molecule has 1 aliphatic rings. The van der Waals surface area contributed by atoms with Crippen LogP contribution in [0.1, 0.15) is 16.8 Å². The number of benzene rings is 1. The zero-order valence-corrected chi connectivity index (χ0v) is 8.10. The third-order valence-electron chi connectivity index (χ3n) is 2.31. The molecule has 15 heavy (non-hydrogen) atoms. The summed E-state index contributed by atoms with van der Waals surface area (Å²) >= 11 is 0. The summed E-state index contributed by atoms with van der Waals surface area (Å²) in [6.07, 6.45) is 0.903. The zero-order chi connectivity index (χ0) is 10.7. The van der Waals surface area contributed by atoms with Crippen LogP contribution in [0, 0.1) is 0 Å². The van der Waals surface area contributed by atoms with Crippen LogP contribution in [0.25, 0.3) is 0 Å². The fraction of sp³-hybridized carbons (Fsp3) is 0.273. The van der Waals surface area contributed by atoms with Crippen LogP contribution in [0.3, 0.4) is 0 Å². The summed E-state index contributed by atoms with van der Waals surface area (Å²) in [5.74, 6) is 0.352. The van der Waals surface area contributed by atoms with Crippen molar-refractivity contribution in [3.8, 4) is 5.75 Å². The van der Waals surface area contributed by atoms with Crippen molar-refractivity contribution >= 4 is 12.2 Å². The smallest absolute Gasteiger partial charge is 0.261 e. The SMILES string of the molecule is O=Cc1ccccc1OC1CCNC1=O. The zero-order valence-electron chi connectivity index (χ0n) is 8.10. The Morgan fingerprint density at radius 2 is 2.20 bits per heavy atom. The molecule has 1 fully saturated rings. The Labute approximate surface area is 87.2 Å². The predicted octanol–water partition coefficient (Wildman–Crippen LogP) is 0.766. The quantitative estimate of drug-likeness (QED) is 0.741. The van der Waals surface area contributed by atoms with Crippen LogP contribution in [-0.2, 0) is 4.79 Å². The van der Waals surface area contributed by atoms with Gasteiger partial charge in [0.05, 0.1) is 5.56 Å². The molecule has 1 saturated heterocycles. The molecule has 0 bridgehead atoms. The first-order valence-electron chi connectivity index (χ1n) is 4.80. The van der Waals surface area contributed by atoms with Crippen LogP contribution in [0.15, 0.2) is 24.3 Å². The third kappa shape index (κ3) is 1.98. The first kappa shape index (κ1) is 9.71. The maximum absolute atomic E-state index is 11.3. The van der Waals surface area contributed by atoms with E-state index in [-0.39, 0.29) is 5.91 Å². The van der Waals surface area contributed by atoms with Gasteiger partial charge in [0.2, 0.25) is 0 Å². The number of hydrogen-bond acceptors (Lipinski definition) is 3. The molecule has 1 N–H and O–H groups in total. The summed E-state index contributed by atoms with van der Waals surface area (Å²) in [6.45, 7) is 0.632. The molecule has 0 saturated carbocycles. The van der Waals surface area contributed by atoms with Crippen LogP contribution in [0.2, 0.25) is 0 Å². The van der Waals surface area contributed by atoms with Gasteiger partial charge in [-0.2, -0.15) is 0 Å². The highest BCUT2D eigenvalue weighted by molar-refractivity contribution is 5.84. The Bertz CT molecular complexity index is 389. The van der Waals surface area contributed by atoms with Gasteiger partial charge in [0.1, 0.15) is 5.75 Å². The number of aldehydes is 1. The highest BCUT2D eigenvalue weighted by Gasteiger charge is 2.26. The lowest BCUT2D eigenvalue weighted by Crippen LogP contribution is -2.27. The second-order valence-corrected chi connectivity index (χ2v) is 3.34. The fourth-order valence-electron chi connectivity index (χ4n) is 1.52. The Balaban J connectivity index is 2.16. The van der Waals surface area contributed by atoms with Gasteiger partial charge in [-0.15, -0.1) is 0 Å². The van der Waals surface area contributed by atoms with E-state index in [0.29, 0.717) is 24.3 Å². The van der Waals surface area contributed by atoms with Crippen LogP contribution in [-0.4, -0.2) is 24.8 Å². The van der Waals surface area contributed by atoms with Crippen LogP contribution in [0.5, 0.6) is 5.75 Å². The van der Waals surface area contributed by atoms with E-state index in [1.807, 2.05) is 0 Å². The number of para-hydroxylation sites is 1. The number of amides is 1. The van der Waals surface area contributed by atoms with E-state index in [1.54, 1.807) is 24.3 Å². The summed E-state index contributed by atoms with van der Waals surface area (Å²) in [5.41, 5.74) is 0.470. The van der Waals surface area contributed by atoms with E-state index in [2.05, 4.69) is 5.32 Å². The molecule has 1 atom stereocenters. The normalized spacial score (nSPS) is 19.7. The van der Waals surface area contributed by atoms with Crippen molar-refractivity contribution in [3.05, 3.63) is 29.8 Å². The summed E-state index contributed by atoms with van der Waals surface area (Å²) in [6, 6.07) is 6.88. The Hall–Kier alpha value is -1.84. The molecule has 0 aromatic heterocycles. The molecule has 78 valence electrons. The maximum atomic E-state index is 11.3. The molecule has 2 rings (SSSR count). The molecule has 4 heteroatoms. The first-order chi connectivity index (χ1) is 7.31. The van der Waals surface area contributed by atoms with E-state index in [1.165, 1.54) is 0 Å². The minimum atomic E-state index is -0.467. The summed E-state index contributed by atoms with van der Waals surface area (Å²) in [5, 5.41) is 2.68. The summed E-state index contributed by atoms with van der Waals surface area (Å²) in [4.78, 5) is 22.0. The van der Waals surface area contributed by atoms with Crippen molar-refractivity contribution in [2.24, 2.45) is 0 Å². The predicted molar refractivity (Wildman–Crippen MR) is 53.9 cm³/mol. The number of ether oxygens (including phenoxy) is 1. The average Bonchev–Trinajstić information content (AvgIpc) is 2.65. The lowest BCUT2D eigenvalue weighted by molar-refractivity contribution is -0.124. The van der Waals surface area contributed by atoms with Gasteiger partial charge in [0.15, 0.2) is 12.4 Å². The Morgan fingerprint density at radius 1 is 1.40 bits per heavy atom. The Kier molecular flexibility index (Phi) is 2.67. The van der Waals surface area contributed by atoms with Crippen molar-refractivity contribution in [2.75, 3.05) is 6.54 Å². The van der Waals surface area contributed by atoms with E-state index < -0.39 is 6.10 Å². The largest absolute Gasteiger partial charge is 0.480 e. The number of hydrogen-bond donors (Lipinski definition) is 1. The molecule has 0 radical (unpaired) electrons. The van der Waals surface area contributed by atoms with E-state index >= 15 is 0 Å².